The Morgan fingerprint density at radius 2 is 2.14 bits per heavy atom. The van der Waals surface area contributed by atoms with Gasteiger partial charge in [0.25, 0.3) is 5.56 Å². The van der Waals surface area contributed by atoms with Crippen molar-refractivity contribution in [2.24, 2.45) is 0 Å². The number of benzene rings is 1. The molecule has 0 atom stereocenters. The number of aromatic nitrogens is 2. The zero-order valence-corrected chi connectivity index (χ0v) is 14.2. The lowest BCUT2D eigenvalue weighted by Crippen LogP contribution is -2.25. The topological polar surface area (TPSA) is 61.2 Å². The molecule has 0 bridgehead atoms. The molecule has 0 aliphatic rings. The Morgan fingerprint density at radius 1 is 1.36 bits per heavy atom. The van der Waals surface area contributed by atoms with Crippen LogP contribution in [0.1, 0.15) is 30.3 Å². The first-order chi connectivity index (χ1) is 10.5. The fourth-order valence-electron chi connectivity index (χ4n) is 1.74. The van der Waals surface area contributed by atoms with E-state index in [0.717, 1.165) is 12.8 Å². The van der Waals surface area contributed by atoms with Gasteiger partial charge in [-0.25, -0.2) is 9.48 Å². The van der Waals surface area contributed by atoms with Gasteiger partial charge in [0.2, 0.25) is 0 Å². The van der Waals surface area contributed by atoms with Crippen LogP contribution in [-0.4, -0.2) is 15.7 Å². The minimum Gasteiger partial charge on any atom is -0.421 e. The predicted octanol–water partition coefficient (Wildman–Crippen LogP) is 3.68. The third-order valence-electron chi connectivity index (χ3n) is 2.90. The molecule has 0 spiro atoms. The highest BCUT2D eigenvalue weighted by Crippen LogP contribution is 2.28. The lowest BCUT2D eigenvalue weighted by Gasteiger charge is -2.08. The second kappa shape index (κ2) is 7.56. The Kier molecular flexibility index (Phi) is 5.74. The summed E-state index contributed by atoms with van der Waals surface area (Å²) >= 11 is 9.11. The Hall–Kier alpha value is -1.66. The highest BCUT2D eigenvalue weighted by atomic mass is 79.9. The van der Waals surface area contributed by atoms with E-state index in [1.807, 2.05) is 6.92 Å². The summed E-state index contributed by atoms with van der Waals surface area (Å²) in [7, 11) is 0. The SMILES string of the molecule is CCCCn1nc(C(=O)Oc2ccc(Cl)cc2Br)ccc1=O. The minimum atomic E-state index is -0.631. The molecule has 1 heterocycles. The van der Waals surface area contributed by atoms with Crippen LogP contribution in [0.3, 0.4) is 0 Å². The Balaban J connectivity index is 2.20. The van der Waals surface area contributed by atoms with Gasteiger partial charge in [-0.1, -0.05) is 24.9 Å². The van der Waals surface area contributed by atoms with E-state index in [4.69, 9.17) is 16.3 Å². The van der Waals surface area contributed by atoms with Gasteiger partial charge in [-0.3, -0.25) is 4.79 Å². The smallest absolute Gasteiger partial charge is 0.364 e. The molecule has 1 aromatic carbocycles. The van der Waals surface area contributed by atoms with E-state index in [0.29, 0.717) is 21.8 Å². The Bertz CT molecular complexity index is 746. The molecule has 0 N–H and O–H groups in total. The molecule has 0 radical (unpaired) electrons. The molecule has 1 aromatic heterocycles. The van der Waals surface area contributed by atoms with Crippen molar-refractivity contribution in [3.8, 4) is 5.75 Å². The largest absolute Gasteiger partial charge is 0.421 e. The van der Waals surface area contributed by atoms with Crippen molar-refractivity contribution in [2.45, 2.75) is 26.3 Å². The van der Waals surface area contributed by atoms with Gasteiger partial charge in [0.1, 0.15) is 5.75 Å². The average Bonchev–Trinajstić information content (AvgIpc) is 2.49. The first kappa shape index (κ1) is 16.7. The molecule has 22 heavy (non-hydrogen) atoms. The van der Waals surface area contributed by atoms with Crippen molar-refractivity contribution in [1.82, 2.24) is 9.78 Å². The van der Waals surface area contributed by atoms with Gasteiger partial charge in [0.05, 0.1) is 4.47 Å². The van der Waals surface area contributed by atoms with Crippen LogP contribution < -0.4 is 10.3 Å². The fourth-order valence-corrected chi connectivity index (χ4v) is 2.50. The van der Waals surface area contributed by atoms with Crippen molar-refractivity contribution >= 4 is 33.5 Å². The lowest BCUT2D eigenvalue weighted by atomic mass is 10.3. The van der Waals surface area contributed by atoms with Crippen molar-refractivity contribution in [2.75, 3.05) is 0 Å². The summed E-state index contributed by atoms with van der Waals surface area (Å²) in [5.74, 6) is -0.296. The number of esters is 1. The summed E-state index contributed by atoms with van der Waals surface area (Å²) in [5.41, 5.74) is -0.157. The molecule has 0 fully saturated rings. The van der Waals surface area contributed by atoms with Crippen LogP contribution in [0.4, 0.5) is 0 Å². The Morgan fingerprint density at radius 3 is 2.82 bits per heavy atom. The van der Waals surface area contributed by atoms with Crippen LogP contribution in [0.15, 0.2) is 39.6 Å². The summed E-state index contributed by atoms with van der Waals surface area (Å²) in [4.78, 5) is 23.8. The third-order valence-corrected chi connectivity index (χ3v) is 3.75. The summed E-state index contributed by atoms with van der Waals surface area (Å²) < 4.78 is 7.10. The summed E-state index contributed by atoms with van der Waals surface area (Å²) in [6, 6.07) is 7.49. The van der Waals surface area contributed by atoms with E-state index < -0.39 is 5.97 Å². The number of carbonyl (C=O) groups excluding carboxylic acids is 1. The number of nitrogens with zero attached hydrogens (tertiary/aromatic N) is 2. The zero-order valence-electron chi connectivity index (χ0n) is 11.9. The molecule has 7 heteroatoms. The summed E-state index contributed by atoms with van der Waals surface area (Å²) in [6.45, 7) is 2.49. The van der Waals surface area contributed by atoms with Crippen molar-refractivity contribution in [3.05, 3.63) is 55.9 Å². The molecule has 0 aliphatic carbocycles. The number of hydrogen-bond acceptors (Lipinski definition) is 4. The van der Waals surface area contributed by atoms with Gasteiger partial charge >= 0.3 is 5.97 Å². The minimum absolute atomic E-state index is 0.0811. The van der Waals surface area contributed by atoms with Gasteiger partial charge in [-0.2, -0.15) is 5.10 Å². The number of hydrogen-bond donors (Lipinski definition) is 0. The third kappa shape index (κ3) is 4.18. The molecule has 2 rings (SSSR count). The number of rotatable bonds is 5. The maximum absolute atomic E-state index is 12.1. The molecule has 0 saturated heterocycles. The van der Waals surface area contributed by atoms with Crippen LogP contribution in [0.25, 0.3) is 0 Å². The van der Waals surface area contributed by atoms with Crippen molar-refractivity contribution < 1.29 is 9.53 Å². The van der Waals surface area contributed by atoms with Gasteiger partial charge in [0.15, 0.2) is 5.69 Å². The van der Waals surface area contributed by atoms with E-state index >= 15 is 0 Å². The summed E-state index contributed by atoms with van der Waals surface area (Å²) in [6.07, 6.45) is 1.74. The normalized spacial score (nSPS) is 10.5. The first-order valence-corrected chi connectivity index (χ1v) is 7.93. The number of aryl methyl sites for hydroxylation is 1. The second-order valence-electron chi connectivity index (χ2n) is 4.60. The van der Waals surface area contributed by atoms with E-state index in [9.17, 15) is 9.59 Å². The first-order valence-electron chi connectivity index (χ1n) is 6.76. The number of unbranched alkanes of at least 4 members (excludes halogenated alkanes) is 1. The van der Waals surface area contributed by atoms with Gasteiger partial charge < -0.3 is 4.74 Å². The molecule has 2 aromatic rings. The molecule has 116 valence electrons. The molecule has 0 saturated carbocycles. The van der Waals surface area contributed by atoms with Gasteiger partial charge in [0, 0.05) is 17.6 Å². The maximum Gasteiger partial charge on any atom is 0.364 e. The highest BCUT2D eigenvalue weighted by molar-refractivity contribution is 9.10. The molecule has 0 unspecified atom stereocenters. The van der Waals surface area contributed by atoms with Crippen LogP contribution >= 0.6 is 27.5 Å². The van der Waals surface area contributed by atoms with E-state index in [1.165, 1.54) is 16.8 Å². The number of halogens is 2. The quantitative estimate of drug-likeness (QED) is 0.582. The second-order valence-corrected chi connectivity index (χ2v) is 5.89. The van der Waals surface area contributed by atoms with E-state index in [2.05, 4.69) is 21.0 Å². The standard InChI is InChI=1S/C15H14BrClN2O3/c1-2-3-8-19-14(20)7-5-12(18-19)15(21)22-13-6-4-10(17)9-11(13)16/h4-7,9H,2-3,8H2,1H3. The van der Waals surface area contributed by atoms with Gasteiger partial charge in [-0.15, -0.1) is 0 Å². The highest BCUT2D eigenvalue weighted by Gasteiger charge is 2.14. The monoisotopic (exact) mass is 384 g/mol. The van der Waals surface area contributed by atoms with E-state index in [-0.39, 0.29) is 11.3 Å². The van der Waals surface area contributed by atoms with Crippen LogP contribution in [0, 0.1) is 0 Å². The van der Waals surface area contributed by atoms with Crippen LogP contribution in [0.2, 0.25) is 5.02 Å². The van der Waals surface area contributed by atoms with Crippen molar-refractivity contribution in [3.63, 3.8) is 0 Å². The maximum atomic E-state index is 12.1. The molecule has 0 aliphatic heterocycles. The molecule has 5 nitrogen and oxygen atoms in total. The van der Waals surface area contributed by atoms with Crippen LogP contribution in [-0.2, 0) is 6.54 Å². The molecular formula is C15H14BrClN2O3. The zero-order chi connectivity index (χ0) is 16.1. The van der Waals surface area contributed by atoms with Gasteiger partial charge in [-0.05, 0) is 46.6 Å². The van der Waals surface area contributed by atoms with Crippen LogP contribution in [0.5, 0.6) is 5.75 Å². The fraction of sp³-hybridized carbons (Fsp3) is 0.267. The number of carbonyl (C=O) groups is 1. The Labute approximate surface area is 141 Å². The lowest BCUT2D eigenvalue weighted by molar-refractivity contribution is 0.0724. The molecular weight excluding hydrogens is 372 g/mol. The summed E-state index contributed by atoms with van der Waals surface area (Å²) in [5, 5.41) is 4.57. The molecule has 0 amide bonds. The van der Waals surface area contributed by atoms with Crippen molar-refractivity contribution in [1.29, 1.82) is 0 Å². The predicted molar refractivity (Wildman–Crippen MR) is 87.5 cm³/mol. The van der Waals surface area contributed by atoms with E-state index in [1.54, 1.807) is 18.2 Å². The number of ether oxygens (including phenoxy) is 1. The average molecular weight is 386 g/mol.